The Labute approximate surface area is 130 Å². The van der Waals surface area contributed by atoms with Gasteiger partial charge in [0.1, 0.15) is 0 Å². The lowest BCUT2D eigenvalue weighted by Gasteiger charge is -2.35. The van der Waals surface area contributed by atoms with Crippen LogP contribution in [0.2, 0.25) is 0 Å². The highest BCUT2D eigenvalue weighted by molar-refractivity contribution is 7.11. The van der Waals surface area contributed by atoms with Crippen LogP contribution in [0.3, 0.4) is 0 Å². The lowest BCUT2D eigenvalue weighted by atomic mass is 9.79. The molecule has 1 saturated carbocycles. The average molecular weight is 306 g/mol. The van der Waals surface area contributed by atoms with E-state index < -0.39 is 0 Å². The highest BCUT2D eigenvalue weighted by Gasteiger charge is 2.28. The molecule has 1 aliphatic rings. The summed E-state index contributed by atoms with van der Waals surface area (Å²) in [7, 11) is 0. The molecule has 3 rings (SSSR count). The van der Waals surface area contributed by atoms with E-state index in [0.29, 0.717) is 12.1 Å². The molecule has 1 fully saturated rings. The van der Waals surface area contributed by atoms with Crippen LogP contribution in [0.5, 0.6) is 0 Å². The van der Waals surface area contributed by atoms with Gasteiger partial charge in [-0.1, -0.05) is 26.0 Å². The van der Waals surface area contributed by atoms with Crippen LogP contribution in [-0.2, 0) is 0 Å². The number of hydrogen-bond donors (Lipinski definition) is 1. The minimum atomic E-state index is 0.385. The molecule has 2 aromatic rings. The van der Waals surface area contributed by atoms with Gasteiger partial charge in [-0.2, -0.15) is 0 Å². The Morgan fingerprint density at radius 1 is 1.05 bits per heavy atom. The van der Waals surface area contributed by atoms with Crippen molar-refractivity contribution >= 4 is 22.7 Å². The lowest BCUT2D eigenvalue weighted by molar-refractivity contribution is 0.220. The van der Waals surface area contributed by atoms with Crippen molar-refractivity contribution in [3.63, 3.8) is 0 Å². The Morgan fingerprint density at radius 2 is 1.70 bits per heavy atom. The molecule has 1 N–H and O–H groups in total. The van der Waals surface area contributed by atoms with Crippen molar-refractivity contribution in [2.45, 2.75) is 45.2 Å². The minimum Gasteiger partial charge on any atom is -0.302 e. The summed E-state index contributed by atoms with van der Waals surface area (Å²) >= 11 is 3.73. The van der Waals surface area contributed by atoms with Crippen LogP contribution in [0, 0.1) is 11.8 Å². The maximum Gasteiger partial charge on any atom is 0.0767 e. The summed E-state index contributed by atoms with van der Waals surface area (Å²) in [5, 5.41) is 8.32. The van der Waals surface area contributed by atoms with Crippen LogP contribution in [0.1, 0.15) is 48.9 Å². The fraction of sp³-hybridized carbons (Fsp3) is 0.529. The molecule has 0 saturated heterocycles. The standard InChI is InChI=1S/C17H23NS2/c1-12-7-8-14(13(2)11-12)18-17(15-5-3-9-19-15)16-6-4-10-20-16/h3-6,9-10,12-14,17-18H,7-8,11H2,1-2H3. The molecule has 3 unspecified atom stereocenters. The van der Waals surface area contributed by atoms with Crippen molar-refractivity contribution in [1.82, 2.24) is 5.32 Å². The molecule has 0 aromatic carbocycles. The van der Waals surface area contributed by atoms with E-state index >= 15 is 0 Å². The van der Waals surface area contributed by atoms with E-state index in [2.05, 4.69) is 54.2 Å². The zero-order chi connectivity index (χ0) is 13.9. The molecule has 3 atom stereocenters. The zero-order valence-electron chi connectivity index (χ0n) is 12.2. The topological polar surface area (TPSA) is 12.0 Å². The number of rotatable bonds is 4. The maximum absolute atomic E-state index is 3.95. The van der Waals surface area contributed by atoms with Crippen LogP contribution in [0.25, 0.3) is 0 Å². The Balaban J connectivity index is 1.77. The van der Waals surface area contributed by atoms with Gasteiger partial charge in [-0.05, 0) is 54.0 Å². The van der Waals surface area contributed by atoms with Gasteiger partial charge < -0.3 is 5.32 Å². The van der Waals surface area contributed by atoms with E-state index in [1.165, 1.54) is 29.0 Å². The smallest absolute Gasteiger partial charge is 0.0767 e. The molecule has 20 heavy (non-hydrogen) atoms. The van der Waals surface area contributed by atoms with Gasteiger partial charge >= 0.3 is 0 Å². The number of thiophene rings is 2. The largest absolute Gasteiger partial charge is 0.302 e. The van der Waals surface area contributed by atoms with E-state index in [0.717, 1.165) is 11.8 Å². The first-order valence-corrected chi connectivity index (χ1v) is 9.33. The molecule has 2 heterocycles. The molecular weight excluding hydrogens is 282 g/mol. The Morgan fingerprint density at radius 3 is 2.20 bits per heavy atom. The molecule has 108 valence electrons. The highest BCUT2D eigenvalue weighted by Crippen LogP contribution is 2.34. The average Bonchev–Trinajstić information content (AvgIpc) is 3.11. The van der Waals surface area contributed by atoms with Gasteiger partial charge in [0.15, 0.2) is 0 Å². The van der Waals surface area contributed by atoms with Crippen molar-refractivity contribution < 1.29 is 0 Å². The first-order chi connectivity index (χ1) is 9.74. The Kier molecular flexibility index (Phi) is 4.59. The summed E-state index contributed by atoms with van der Waals surface area (Å²) in [6, 6.07) is 9.89. The summed E-state index contributed by atoms with van der Waals surface area (Å²) in [5.41, 5.74) is 0. The fourth-order valence-corrected chi connectivity index (χ4v) is 5.02. The van der Waals surface area contributed by atoms with Crippen molar-refractivity contribution in [2.24, 2.45) is 11.8 Å². The van der Waals surface area contributed by atoms with Gasteiger partial charge in [-0.3, -0.25) is 0 Å². The molecule has 3 heteroatoms. The summed E-state index contributed by atoms with van der Waals surface area (Å²) in [4.78, 5) is 2.89. The Hall–Kier alpha value is -0.640. The zero-order valence-corrected chi connectivity index (χ0v) is 13.8. The van der Waals surface area contributed by atoms with Crippen LogP contribution in [0.4, 0.5) is 0 Å². The molecular formula is C17H23NS2. The second-order valence-electron chi connectivity index (χ2n) is 6.13. The molecule has 0 bridgehead atoms. The molecule has 2 aromatic heterocycles. The third-order valence-electron chi connectivity index (χ3n) is 4.47. The first kappa shape index (κ1) is 14.3. The van der Waals surface area contributed by atoms with Crippen LogP contribution >= 0.6 is 22.7 Å². The molecule has 1 nitrogen and oxygen atoms in total. The second kappa shape index (κ2) is 6.42. The van der Waals surface area contributed by atoms with E-state index in [1.807, 2.05) is 22.7 Å². The van der Waals surface area contributed by atoms with Gasteiger partial charge in [0, 0.05) is 15.8 Å². The van der Waals surface area contributed by atoms with Crippen LogP contribution in [-0.4, -0.2) is 6.04 Å². The highest BCUT2D eigenvalue weighted by atomic mass is 32.1. The predicted molar refractivity (Wildman–Crippen MR) is 89.6 cm³/mol. The number of hydrogen-bond acceptors (Lipinski definition) is 3. The molecule has 0 spiro atoms. The van der Waals surface area contributed by atoms with Gasteiger partial charge in [-0.25, -0.2) is 0 Å². The van der Waals surface area contributed by atoms with Crippen molar-refractivity contribution in [1.29, 1.82) is 0 Å². The monoisotopic (exact) mass is 305 g/mol. The second-order valence-corrected chi connectivity index (χ2v) is 8.09. The third kappa shape index (κ3) is 3.16. The quantitative estimate of drug-likeness (QED) is 0.807. The Bertz CT molecular complexity index is 469. The molecule has 0 radical (unpaired) electrons. The maximum atomic E-state index is 3.95. The predicted octanol–water partition coefficient (Wildman–Crippen LogP) is 5.31. The van der Waals surface area contributed by atoms with E-state index in [4.69, 9.17) is 0 Å². The normalized spacial score (nSPS) is 27.1. The van der Waals surface area contributed by atoms with Gasteiger partial charge in [0.2, 0.25) is 0 Å². The van der Waals surface area contributed by atoms with Crippen LogP contribution < -0.4 is 5.32 Å². The first-order valence-electron chi connectivity index (χ1n) is 7.57. The van der Waals surface area contributed by atoms with Gasteiger partial charge in [0.05, 0.1) is 6.04 Å². The summed E-state index contributed by atoms with van der Waals surface area (Å²) < 4.78 is 0. The summed E-state index contributed by atoms with van der Waals surface area (Å²) in [6.07, 6.45) is 4.04. The minimum absolute atomic E-state index is 0.385. The molecule has 1 aliphatic carbocycles. The SMILES string of the molecule is CC1CCC(NC(c2cccs2)c2cccs2)C(C)C1. The molecule has 0 aliphatic heterocycles. The van der Waals surface area contributed by atoms with Gasteiger partial charge in [0.25, 0.3) is 0 Å². The number of nitrogens with one attached hydrogen (secondary N) is 1. The lowest BCUT2D eigenvalue weighted by Crippen LogP contribution is -2.41. The van der Waals surface area contributed by atoms with Crippen LogP contribution in [0.15, 0.2) is 35.0 Å². The van der Waals surface area contributed by atoms with E-state index in [-0.39, 0.29) is 0 Å². The third-order valence-corrected chi connectivity index (χ3v) is 6.34. The molecule has 0 amide bonds. The van der Waals surface area contributed by atoms with E-state index in [1.54, 1.807) is 0 Å². The van der Waals surface area contributed by atoms with E-state index in [9.17, 15) is 0 Å². The van der Waals surface area contributed by atoms with Gasteiger partial charge in [-0.15, -0.1) is 22.7 Å². The fourth-order valence-electron chi connectivity index (χ4n) is 3.34. The van der Waals surface area contributed by atoms with Crippen molar-refractivity contribution in [2.75, 3.05) is 0 Å². The summed E-state index contributed by atoms with van der Waals surface area (Å²) in [6.45, 7) is 4.80. The van der Waals surface area contributed by atoms with Crippen molar-refractivity contribution in [3.05, 3.63) is 44.8 Å². The summed E-state index contributed by atoms with van der Waals surface area (Å²) in [5.74, 6) is 1.67. The van der Waals surface area contributed by atoms with Crippen molar-refractivity contribution in [3.8, 4) is 0 Å².